The zero-order valence-corrected chi connectivity index (χ0v) is 7.88. The number of amides is 2. The Hall–Kier alpha value is -1.43. The summed E-state index contributed by atoms with van der Waals surface area (Å²) in [7, 11) is 1.20. The maximum absolute atomic E-state index is 11.4. The molecule has 1 aromatic rings. The molecule has 69 valence electrons. The normalized spacial score (nSPS) is 9.69. The average molecular weight is 199 g/mol. The first-order valence-electron chi connectivity index (χ1n) is 3.38. The van der Waals surface area contributed by atoms with Gasteiger partial charge in [-0.2, -0.15) is 0 Å². The van der Waals surface area contributed by atoms with Gasteiger partial charge < -0.3 is 5.11 Å². The van der Waals surface area contributed by atoms with Gasteiger partial charge in [0.2, 0.25) is 0 Å². The quantitative estimate of drug-likeness (QED) is 0.732. The van der Waals surface area contributed by atoms with Crippen LogP contribution in [0.15, 0.2) is 0 Å². The fraction of sp³-hybridized carbons (Fsp3) is 0.286. The van der Waals surface area contributed by atoms with Crippen molar-refractivity contribution in [2.45, 2.75) is 6.92 Å². The van der Waals surface area contributed by atoms with E-state index in [0.717, 1.165) is 11.3 Å². The van der Waals surface area contributed by atoms with Gasteiger partial charge in [0.15, 0.2) is 5.51 Å². The second-order valence-corrected chi connectivity index (χ2v) is 3.16. The summed E-state index contributed by atoms with van der Waals surface area (Å²) in [5.41, 5.74) is 3.03. The van der Waals surface area contributed by atoms with E-state index in [-0.39, 0.29) is 0 Å². The molecule has 1 heterocycles. The molecule has 0 unspecified atom stereocenters. The topological polar surface area (TPSA) is 70.5 Å². The maximum Gasteiger partial charge on any atom is 0.414 e. The molecular weight excluding hydrogens is 192 g/mol. The van der Waals surface area contributed by atoms with Gasteiger partial charge >= 0.3 is 6.09 Å². The van der Waals surface area contributed by atoms with Crippen LogP contribution >= 0.6 is 11.3 Å². The summed E-state index contributed by atoms with van der Waals surface area (Å²) in [6.45, 7) is 1.63. The van der Waals surface area contributed by atoms with E-state index in [1.807, 2.05) is 0 Å². The van der Waals surface area contributed by atoms with E-state index in [1.165, 1.54) is 7.05 Å². The minimum atomic E-state index is -1.28. The van der Waals surface area contributed by atoms with Crippen molar-refractivity contribution in [3.05, 3.63) is 16.1 Å². The molecule has 1 aromatic heterocycles. The molecule has 1 rings (SSSR count). The summed E-state index contributed by atoms with van der Waals surface area (Å²) in [6, 6.07) is 0. The van der Waals surface area contributed by atoms with E-state index in [0.29, 0.717) is 15.5 Å². The van der Waals surface area contributed by atoms with Gasteiger partial charge in [0, 0.05) is 7.05 Å². The molecule has 6 heteroatoms. The molecule has 0 aliphatic rings. The number of hydrogen-bond donors (Lipinski definition) is 1. The van der Waals surface area contributed by atoms with Crippen LogP contribution in [0, 0.1) is 12.4 Å². The molecule has 1 radical (unpaired) electrons. The third kappa shape index (κ3) is 1.83. The molecule has 5 nitrogen and oxygen atoms in total. The number of carbonyl (C=O) groups is 2. The number of nitrogens with zero attached hydrogens (tertiary/aromatic N) is 2. The lowest BCUT2D eigenvalue weighted by atomic mass is 10.3. The summed E-state index contributed by atoms with van der Waals surface area (Å²) in [6.07, 6.45) is -1.28. The predicted octanol–water partition coefficient (Wildman–Crippen LogP) is 1.00. The van der Waals surface area contributed by atoms with Crippen molar-refractivity contribution in [2.75, 3.05) is 7.05 Å². The number of aryl methyl sites for hydroxylation is 1. The van der Waals surface area contributed by atoms with E-state index in [2.05, 4.69) is 10.5 Å². The van der Waals surface area contributed by atoms with Gasteiger partial charge in [-0.15, -0.1) is 11.3 Å². The van der Waals surface area contributed by atoms with Crippen molar-refractivity contribution < 1.29 is 14.7 Å². The van der Waals surface area contributed by atoms with Gasteiger partial charge in [0.05, 0.1) is 5.69 Å². The van der Waals surface area contributed by atoms with Gasteiger partial charge in [-0.05, 0) is 6.92 Å². The van der Waals surface area contributed by atoms with Crippen LogP contribution in [-0.2, 0) is 0 Å². The first kappa shape index (κ1) is 9.66. The largest absolute Gasteiger partial charge is 0.465 e. The fourth-order valence-electron chi connectivity index (χ4n) is 0.699. The molecule has 0 saturated carbocycles. The number of imide groups is 1. The SMILES string of the molecule is Cc1n[c]sc1C(=O)N(C)C(=O)O. The average Bonchev–Trinajstić information content (AvgIpc) is 2.48. The molecule has 0 bridgehead atoms. The molecule has 13 heavy (non-hydrogen) atoms. The molecule has 0 saturated heterocycles. The van der Waals surface area contributed by atoms with E-state index in [4.69, 9.17) is 5.11 Å². The van der Waals surface area contributed by atoms with E-state index in [9.17, 15) is 9.59 Å². The van der Waals surface area contributed by atoms with Crippen molar-refractivity contribution in [1.82, 2.24) is 9.88 Å². The predicted molar refractivity (Wildman–Crippen MR) is 45.8 cm³/mol. The zero-order chi connectivity index (χ0) is 10.0. The van der Waals surface area contributed by atoms with Crippen molar-refractivity contribution >= 4 is 23.3 Å². The van der Waals surface area contributed by atoms with Crippen LogP contribution in [0.25, 0.3) is 0 Å². The number of thiazole rings is 1. The highest BCUT2D eigenvalue weighted by Gasteiger charge is 2.20. The van der Waals surface area contributed by atoms with Crippen LogP contribution in [-0.4, -0.2) is 34.0 Å². The number of aromatic nitrogens is 1. The highest BCUT2D eigenvalue weighted by molar-refractivity contribution is 7.11. The van der Waals surface area contributed by atoms with Gasteiger partial charge in [-0.3, -0.25) is 4.79 Å². The van der Waals surface area contributed by atoms with E-state index >= 15 is 0 Å². The lowest BCUT2D eigenvalue weighted by Crippen LogP contribution is -2.31. The maximum atomic E-state index is 11.4. The van der Waals surface area contributed by atoms with Crippen LogP contribution in [0.1, 0.15) is 15.4 Å². The minimum absolute atomic E-state index is 0.310. The van der Waals surface area contributed by atoms with Crippen LogP contribution in [0.4, 0.5) is 4.79 Å². The summed E-state index contributed by atoms with van der Waals surface area (Å²) in [5.74, 6) is -0.566. The van der Waals surface area contributed by atoms with Crippen molar-refractivity contribution in [3.8, 4) is 0 Å². The third-order valence-electron chi connectivity index (χ3n) is 1.48. The number of hydrogen-bond acceptors (Lipinski definition) is 4. The molecule has 1 N–H and O–H groups in total. The molecule has 0 aliphatic carbocycles. The Bertz CT molecular complexity index is 347. The summed E-state index contributed by atoms with van der Waals surface area (Å²) >= 11 is 1.01. The first-order chi connectivity index (χ1) is 6.04. The van der Waals surface area contributed by atoms with Crippen LogP contribution < -0.4 is 0 Å². The van der Waals surface area contributed by atoms with Crippen molar-refractivity contribution in [3.63, 3.8) is 0 Å². The Morgan fingerprint density at radius 1 is 1.62 bits per heavy atom. The van der Waals surface area contributed by atoms with Crippen molar-refractivity contribution in [1.29, 1.82) is 0 Å². The Morgan fingerprint density at radius 2 is 2.23 bits per heavy atom. The molecule has 0 atom stereocenters. The van der Waals surface area contributed by atoms with Crippen LogP contribution in [0.5, 0.6) is 0 Å². The van der Waals surface area contributed by atoms with Crippen LogP contribution in [0.2, 0.25) is 0 Å². The Labute approximate surface area is 78.6 Å². The highest BCUT2D eigenvalue weighted by Crippen LogP contribution is 2.13. The first-order valence-corrected chi connectivity index (χ1v) is 4.20. The number of carbonyl (C=O) groups excluding carboxylic acids is 1. The second kappa shape index (κ2) is 3.53. The Morgan fingerprint density at radius 3 is 2.62 bits per heavy atom. The molecule has 0 aliphatic heterocycles. The summed E-state index contributed by atoms with van der Waals surface area (Å²) in [5, 5.41) is 8.52. The molecule has 0 fully saturated rings. The lowest BCUT2D eigenvalue weighted by Gasteiger charge is -2.08. The summed E-state index contributed by atoms with van der Waals surface area (Å²) in [4.78, 5) is 26.5. The fourth-order valence-corrected chi connectivity index (χ4v) is 1.39. The second-order valence-electron chi connectivity index (χ2n) is 2.37. The molecule has 2 amide bonds. The zero-order valence-electron chi connectivity index (χ0n) is 7.07. The van der Waals surface area contributed by atoms with Gasteiger partial charge in [-0.1, -0.05) is 0 Å². The lowest BCUT2D eigenvalue weighted by molar-refractivity contribution is 0.0785. The summed E-state index contributed by atoms with van der Waals surface area (Å²) < 4.78 is 0. The number of carboxylic acid groups (broad SMARTS) is 1. The standard InChI is InChI=1S/C7H7N2O3S/c1-4-5(13-3-8-4)6(10)9(2)7(11)12/h1-2H3,(H,11,12). The molecular formula is C7H7N2O3S. The molecule has 0 aromatic carbocycles. The van der Waals surface area contributed by atoms with Gasteiger partial charge in [0.25, 0.3) is 5.91 Å². The number of rotatable bonds is 1. The minimum Gasteiger partial charge on any atom is -0.465 e. The van der Waals surface area contributed by atoms with Crippen LogP contribution in [0.3, 0.4) is 0 Å². The Balaban J connectivity index is 2.92. The smallest absolute Gasteiger partial charge is 0.414 e. The van der Waals surface area contributed by atoms with E-state index < -0.39 is 12.0 Å². The van der Waals surface area contributed by atoms with E-state index in [1.54, 1.807) is 6.92 Å². The highest BCUT2D eigenvalue weighted by atomic mass is 32.1. The Kier molecular flexibility index (Phi) is 2.62. The molecule has 0 spiro atoms. The van der Waals surface area contributed by atoms with Gasteiger partial charge in [0.1, 0.15) is 4.88 Å². The van der Waals surface area contributed by atoms with Gasteiger partial charge in [-0.25, -0.2) is 14.7 Å². The van der Waals surface area contributed by atoms with Crippen molar-refractivity contribution in [2.24, 2.45) is 0 Å². The monoisotopic (exact) mass is 199 g/mol. The third-order valence-corrected chi connectivity index (χ3v) is 2.33.